The van der Waals surface area contributed by atoms with Crippen molar-refractivity contribution in [1.82, 2.24) is 15.0 Å². The highest BCUT2D eigenvalue weighted by Crippen LogP contribution is 2.29. The molecule has 6 heteroatoms. The molecule has 0 spiro atoms. The van der Waals surface area contributed by atoms with E-state index in [1.165, 1.54) is 6.42 Å². The molecule has 0 saturated carbocycles. The van der Waals surface area contributed by atoms with Crippen LogP contribution in [0, 0.1) is 6.92 Å². The molecule has 128 valence electrons. The van der Waals surface area contributed by atoms with Gasteiger partial charge in [0.1, 0.15) is 0 Å². The first-order valence-electron chi connectivity index (χ1n) is 8.50. The van der Waals surface area contributed by atoms with Gasteiger partial charge in [0.15, 0.2) is 0 Å². The summed E-state index contributed by atoms with van der Waals surface area (Å²) in [5, 5.41) is 6.10. The second kappa shape index (κ2) is 6.80. The molecule has 1 amide bonds. The third kappa shape index (κ3) is 3.22. The van der Waals surface area contributed by atoms with Gasteiger partial charge in [0.25, 0.3) is 11.8 Å². The van der Waals surface area contributed by atoms with Crippen LogP contribution in [-0.4, -0.2) is 34.0 Å². The Morgan fingerprint density at radius 1 is 1.20 bits per heavy atom. The molecule has 0 atom stereocenters. The van der Waals surface area contributed by atoms with E-state index >= 15 is 0 Å². The van der Waals surface area contributed by atoms with Crippen molar-refractivity contribution < 1.29 is 9.32 Å². The molecule has 0 bridgehead atoms. The standard InChI is InChI=1S/C19H19N3O2S/c1-13-8-11-25-16(13)18-20-17(21-24-18)14-6-5-7-15(12-14)19(23)22-9-3-2-4-10-22/h5-8,11-12H,2-4,9-10H2,1H3. The minimum atomic E-state index is 0.0827. The molecule has 2 aromatic heterocycles. The number of likely N-dealkylation sites (tertiary alicyclic amines) is 1. The van der Waals surface area contributed by atoms with E-state index in [1.54, 1.807) is 11.3 Å². The predicted octanol–water partition coefficient (Wildman–Crippen LogP) is 4.40. The maximum absolute atomic E-state index is 12.7. The van der Waals surface area contributed by atoms with Gasteiger partial charge in [-0.2, -0.15) is 4.98 Å². The monoisotopic (exact) mass is 353 g/mol. The van der Waals surface area contributed by atoms with Crippen LogP contribution in [0.2, 0.25) is 0 Å². The maximum Gasteiger partial charge on any atom is 0.268 e. The largest absolute Gasteiger partial charge is 0.339 e. The topological polar surface area (TPSA) is 59.2 Å². The molecular weight excluding hydrogens is 334 g/mol. The van der Waals surface area contributed by atoms with Crippen molar-refractivity contribution in [1.29, 1.82) is 0 Å². The molecule has 1 fully saturated rings. The average molecular weight is 353 g/mol. The number of piperidine rings is 1. The third-order valence-electron chi connectivity index (χ3n) is 4.49. The number of carbonyl (C=O) groups excluding carboxylic acids is 1. The zero-order valence-electron chi connectivity index (χ0n) is 14.1. The lowest BCUT2D eigenvalue weighted by molar-refractivity contribution is 0.0724. The maximum atomic E-state index is 12.7. The first kappa shape index (κ1) is 16.0. The van der Waals surface area contributed by atoms with Gasteiger partial charge in [0.05, 0.1) is 4.88 Å². The van der Waals surface area contributed by atoms with Crippen LogP contribution in [0.1, 0.15) is 35.2 Å². The summed E-state index contributed by atoms with van der Waals surface area (Å²) in [6, 6.07) is 9.52. The highest BCUT2D eigenvalue weighted by atomic mass is 32.1. The average Bonchev–Trinajstić information content (AvgIpc) is 3.31. The van der Waals surface area contributed by atoms with Gasteiger partial charge in [-0.15, -0.1) is 11.3 Å². The molecule has 1 saturated heterocycles. The molecule has 3 heterocycles. The molecule has 1 aliphatic heterocycles. The van der Waals surface area contributed by atoms with E-state index in [0.717, 1.165) is 41.9 Å². The van der Waals surface area contributed by atoms with E-state index in [1.807, 2.05) is 47.5 Å². The number of hydrogen-bond donors (Lipinski definition) is 0. The van der Waals surface area contributed by atoms with Gasteiger partial charge in [-0.3, -0.25) is 4.79 Å². The molecule has 5 nitrogen and oxygen atoms in total. The van der Waals surface area contributed by atoms with Crippen LogP contribution < -0.4 is 0 Å². The van der Waals surface area contributed by atoms with Crippen molar-refractivity contribution in [3.05, 3.63) is 46.8 Å². The van der Waals surface area contributed by atoms with E-state index in [4.69, 9.17) is 4.52 Å². The number of aromatic nitrogens is 2. The summed E-state index contributed by atoms with van der Waals surface area (Å²) in [6.07, 6.45) is 3.37. The number of hydrogen-bond acceptors (Lipinski definition) is 5. The lowest BCUT2D eigenvalue weighted by Crippen LogP contribution is -2.35. The van der Waals surface area contributed by atoms with Crippen LogP contribution in [0.3, 0.4) is 0 Å². The van der Waals surface area contributed by atoms with E-state index in [-0.39, 0.29) is 5.91 Å². The Morgan fingerprint density at radius 3 is 2.80 bits per heavy atom. The van der Waals surface area contributed by atoms with Crippen molar-refractivity contribution in [2.24, 2.45) is 0 Å². The molecule has 0 radical (unpaired) electrons. The van der Waals surface area contributed by atoms with Crippen molar-refractivity contribution in [2.75, 3.05) is 13.1 Å². The van der Waals surface area contributed by atoms with E-state index in [2.05, 4.69) is 10.1 Å². The molecular formula is C19H19N3O2S. The fraction of sp³-hybridized carbons (Fsp3) is 0.316. The second-order valence-electron chi connectivity index (χ2n) is 6.29. The Kier molecular flexibility index (Phi) is 4.36. The molecule has 1 aromatic carbocycles. The number of carbonyl (C=O) groups is 1. The van der Waals surface area contributed by atoms with Crippen molar-refractivity contribution >= 4 is 17.2 Å². The second-order valence-corrected chi connectivity index (χ2v) is 7.21. The Bertz CT molecular complexity index is 893. The summed E-state index contributed by atoms with van der Waals surface area (Å²) in [5.74, 6) is 1.12. The van der Waals surface area contributed by atoms with Gasteiger partial charge in [-0.25, -0.2) is 0 Å². The summed E-state index contributed by atoms with van der Waals surface area (Å²) in [5.41, 5.74) is 2.60. The van der Waals surface area contributed by atoms with Crippen molar-refractivity contribution in [3.8, 4) is 22.2 Å². The van der Waals surface area contributed by atoms with Crippen LogP contribution >= 0.6 is 11.3 Å². The lowest BCUT2D eigenvalue weighted by Gasteiger charge is -2.26. The molecule has 0 unspecified atom stereocenters. The smallest absolute Gasteiger partial charge is 0.268 e. The van der Waals surface area contributed by atoms with Crippen molar-refractivity contribution in [3.63, 3.8) is 0 Å². The SMILES string of the molecule is Cc1ccsc1-c1nc(-c2cccc(C(=O)N3CCCCC3)c2)no1. The van der Waals surface area contributed by atoms with Gasteiger partial charge >= 0.3 is 0 Å². The minimum absolute atomic E-state index is 0.0827. The summed E-state index contributed by atoms with van der Waals surface area (Å²) < 4.78 is 5.41. The summed E-state index contributed by atoms with van der Waals surface area (Å²) in [6.45, 7) is 3.70. The summed E-state index contributed by atoms with van der Waals surface area (Å²) >= 11 is 1.58. The van der Waals surface area contributed by atoms with Gasteiger partial charge in [-0.1, -0.05) is 17.3 Å². The van der Waals surface area contributed by atoms with Gasteiger partial charge in [0, 0.05) is 24.2 Å². The van der Waals surface area contributed by atoms with E-state index in [0.29, 0.717) is 17.3 Å². The Labute approximate surface area is 150 Å². The Balaban J connectivity index is 1.60. The van der Waals surface area contributed by atoms with Crippen LogP contribution in [0.25, 0.3) is 22.2 Å². The highest BCUT2D eigenvalue weighted by Gasteiger charge is 2.19. The zero-order chi connectivity index (χ0) is 17.2. The Morgan fingerprint density at radius 2 is 2.04 bits per heavy atom. The van der Waals surface area contributed by atoms with E-state index in [9.17, 15) is 4.79 Å². The van der Waals surface area contributed by atoms with Crippen molar-refractivity contribution in [2.45, 2.75) is 26.2 Å². The van der Waals surface area contributed by atoms with Crippen LogP contribution in [0.5, 0.6) is 0 Å². The number of benzene rings is 1. The Hall–Kier alpha value is -2.47. The summed E-state index contributed by atoms with van der Waals surface area (Å²) in [4.78, 5) is 20.1. The molecule has 0 aliphatic carbocycles. The fourth-order valence-electron chi connectivity index (χ4n) is 3.10. The van der Waals surface area contributed by atoms with Gasteiger partial charge < -0.3 is 9.42 Å². The van der Waals surface area contributed by atoms with Crippen LogP contribution in [0.15, 0.2) is 40.2 Å². The number of nitrogens with zero attached hydrogens (tertiary/aromatic N) is 3. The highest BCUT2D eigenvalue weighted by molar-refractivity contribution is 7.13. The fourth-order valence-corrected chi connectivity index (χ4v) is 3.94. The summed E-state index contributed by atoms with van der Waals surface area (Å²) in [7, 11) is 0. The number of thiophene rings is 1. The van der Waals surface area contributed by atoms with E-state index < -0.39 is 0 Å². The molecule has 25 heavy (non-hydrogen) atoms. The normalized spacial score (nSPS) is 14.7. The van der Waals surface area contributed by atoms with Crippen LogP contribution in [0.4, 0.5) is 0 Å². The molecule has 3 aromatic rings. The molecule has 1 aliphatic rings. The number of amides is 1. The predicted molar refractivity (Wildman–Crippen MR) is 97.5 cm³/mol. The number of aryl methyl sites for hydroxylation is 1. The molecule has 0 N–H and O–H groups in total. The first-order chi connectivity index (χ1) is 12.2. The zero-order valence-corrected chi connectivity index (χ0v) is 14.9. The van der Waals surface area contributed by atoms with Gasteiger partial charge in [0.2, 0.25) is 5.82 Å². The third-order valence-corrected chi connectivity index (χ3v) is 5.50. The van der Waals surface area contributed by atoms with Gasteiger partial charge in [-0.05, 0) is 55.3 Å². The van der Waals surface area contributed by atoms with Crippen LogP contribution in [-0.2, 0) is 0 Å². The first-order valence-corrected chi connectivity index (χ1v) is 9.38. The molecule has 4 rings (SSSR count). The quantitative estimate of drug-likeness (QED) is 0.700. The minimum Gasteiger partial charge on any atom is -0.339 e. The number of rotatable bonds is 3. The lowest BCUT2D eigenvalue weighted by atomic mass is 10.1.